The number of benzene rings is 2. The summed E-state index contributed by atoms with van der Waals surface area (Å²) in [5.74, 6) is -5.08. The van der Waals surface area contributed by atoms with Gasteiger partial charge in [-0.1, -0.05) is 5.16 Å². The van der Waals surface area contributed by atoms with Crippen LogP contribution in [-0.4, -0.2) is 57.5 Å². The number of hydrogen-bond donors (Lipinski definition) is 3. The van der Waals surface area contributed by atoms with Gasteiger partial charge in [-0.25, -0.2) is 27.1 Å². The monoisotopic (exact) mass is 601 g/mol. The number of anilines is 2. The first-order valence-electron chi connectivity index (χ1n) is 9.13. The number of rotatable bonds is 11. The molecular weight excluding hydrogens is 582 g/mol. The van der Waals surface area contributed by atoms with Crippen LogP contribution in [0.5, 0.6) is 0 Å². The molecule has 0 radical (unpaired) electrons. The molecule has 0 saturated carbocycles. The topological polar surface area (TPSA) is 126 Å². The average Bonchev–Trinajstić information content (AvgIpc) is 2.73. The van der Waals surface area contributed by atoms with Crippen molar-refractivity contribution in [2.45, 2.75) is 0 Å². The maximum atomic E-state index is 14.9. The maximum Gasteiger partial charge on any atom is 0.277 e. The van der Waals surface area contributed by atoms with Crippen LogP contribution in [0.15, 0.2) is 29.4 Å². The van der Waals surface area contributed by atoms with Gasteiger partial charge in [0.05, 0.1) is 42.1 Å². The second-order valence-electron chi connectivity index (χ2n) is 6.47. The number of halogens is 4. The van der Waals surface area contributed by atoms with Crippen LogP contribution in [0, 0.1) is 21.0 Å². The molecule has 0 unspecified atom stereocenters. The van der Waals surface area contributed by atoms with E-state index in [1.54, 1.807) is 0 Å². The predicted octanol–water partition coefficient (Wildman–Crippen LogP) is 2.50. The van der Waals surface area contributed by atoms with Crippen molar-refractivity contribution in [3.8, 4) is 0 Å². The first kappa shape index (κ1) is 26.8. The molecule has 33 heavy (non-hydrogen) atoms. The van der Waals surface area contributed by atoms with Gasteiger partial charge in [0.15, 0.2) is 21.5 Å². The molecule has 0 aliphatic heterocycles. The van der Waals surface area contributed by atoms with Crippen molar-refractivity contribution in [1.82, 2.24) is 5.48 Å². The number of nitrogens with one attached hydrogen (secondary N) is 2. The molecule has 3 N–H and O–H groups in total. The summed E-state index contributed by atoms with van der Waals surface area (Å²) in [6, 6.07) is 4.85. The molecule has 2 rings (SSSR count). The Bertz CT molecular complexity index is 1150. The zero-order valence-corrected chi connectivity index (χ0v) is 20.0. The van der Waals surface area contributed by atoms with Crippen molar-refractivity contribution in [2.24, 2.45) is 5.16 Å². The number of hydrogen-bond acceptors (Lipinski definition) is 8. The minimum absolute atomic E-state index is 0.218. The second-order valence-corrected chi connectivity index (χ2v) is 9.97. The molecule has 0 atom stereocenters. The highest BCUT2D eigenvalue weighted by atomic mass is 127. The zero-order valence-electron chi connectivity index (χ0n) is 17.1. The van der Waals surface area contributed by atoms with Crippen molar-refractivity contribution in [2.75, 3.05) is 37.1 Å². The van der Waals surface area contributed by atoms with Crippen LogP contribution in [-0.2, 0) is 19.5 Å². The molecule has 9 nitrogen and oxygen atoms in total. The smallest absolute Gasteiger partial charge is 0.277 e. The van der Waals surface area contributed by atoms with Gasteiger partial charge < -0.3 is 15.3 Å². The lowest BCUT2D eigenvalue weighted by atomic mass is 10.1. The molecule has 0 spiro atoms. The first-order valence-corrected chi connectivity index (χ1v) is 12.3. The van der Waals surface area contributed by atoms with Gasteiger partial charge in [-0.15, -0.1) is 0 Å². The fourth-order valence-corrected chi connectivity index (χ4v) is 3.15. The van der Waals surface area contributed by atoms with E-state index in [-0.39, 0.29) is 24.7 Å². The summed E-state index contributed by atoms with van der Waals surface area (Å²) in [6.07, 6.45) is 1.74. The van der Waals surface area contributed by atoms with Gasteiger partial charge in [-0.2, -0.15) is 0 Å². The van der Waals surface area contributed by atoms with Gasteiger partial charge in [0.2, 0.25) is 0 Å². The van der Waals surface area contributed by atoms with E-state index in [1.165, 1.54) is 12.1 Å². The fourth-order valence-electron chi connectivity index (χ4n) is 2.32. The summed E-state index contributed by atoms with van der Waals surface area (Å²) < 4.78 is 66.5. The Hall–Kier alpha value is -2.43. The molecule has 180 valence electrons. The van der Waals surface area contributed by atoms with Crippen LogP contribution in [0.2, 0.25) is 0 Å². The van der Waals surface area contributed by atoms with Crippen molar-refractivity contribution < 1.29 is 41.2 Å². The van der Waals surface area contributed by atoms with Crippen LogP contribution >= 0.6 is 22.6 Å². The van der Waals surface area contributed by atoms with E-state index in [0.29, 0.717) is 3.57 Å². The summed E-state index contributed by atoms with van der Waals surface area (Å²) in [6.45, 7) is -1.01. The van der Waals surface area contributed by atoms with E-state index < -0.39 is 56.6 Å². The van der Waals surface area contributed by atoms with Crippen LogP contribution < -0.4 is 10.8 Å². The summed E-state index contributed by atoms with van der Waals surface area (Å²) in [5.41, 5.74) is 0.0833. The number of carbonyl (C=O) groups is 1. The maximum absolute atomic E-state index is 14.9. The molecular formula is C19H19F3IN3O6S. The Balaban J connectivity index is 2.40. The van der Waals surface area contributed by atoms with Gasteiger partial charge in [-0.05, 0) is 46.9 Å². The molecule has 2 aromatic rings. The average molecular weight is 601 g/mol. The zero-order chi connectivity index (χ0) is 24.6. The van der Waals surface area contributed by atoms with Crippen molar-refractivity contribution in [3.63, 3.8) is 0 Å². The summed E-state index contributed by atoms with van der Waals surface area (Å²) in [5, 5.41) is 14.5. The molecule has 0 aliphatic rings. The Morgan fingerprint density at radius 3 is 2.58 bits per heavy atom. The largest absolute Gasteiger partial charge is 0.395 e. The van der Waals surface area contributed by atoms with Crippen molar-refractivity contribution in [3.05, 3.63) is 56.4 Å². The molecule has 0 saturated heterocycles. The number of amides is 1. The molecule has 0 heterocycles. The van der Waals surface area contributed by atoms with E-state index in [0.717, 1.165) is 24.6 Å². The lowest BCUT2D eigenvalue weighted by molar-refractivity contribution is 0.0168. The minimum Gasteiger partial charge on any atom is -0.395 e. The van der Waals surface area contributed by atoms with E-state index in [2.05, 4.69) is 10.5 Å². The predicted molar refractivity (Wildman–Crippen MR) is 123 cm³/mol. The van der Waals surface area contributed by atoms with Crippen molar-refractivity contribution >= 4 is 55.9 Å². The molecule has 0 aliphatic carbocycles. The standard InChI is InChI=1S/C19H19F3IN3O6S/c1-33(29,30)7-6-31-24-10-11-8-13(19(28)26-32-5-4-27)18(17(22)16(11)21)25-15-3-2-12(23)9-14(15)20/h2-3,8-10,25,27H,4-7H2,1H3,(H,26,28)/b24-10-. The number of sulfone groups is 1. The van der Waals surface area contributed by atoms with Crippen LogP contribution in [0.3, 0.4) is 0 Å². The third kappa shape index (κ3) is 8.13. The van der Waals surface area contributed by atoms with E-state index in [4.69, 9.17) is 14.8 Å². The molecule has 0 fully saturated rings. The van der Waals surface area contributed by atoms with Crippen molar-refractivity contribution in [1.29, 1.82) is 0 Å². The van der Waals surface area contributed by atoms with Crippen LogP contribution in [0.25, 0.3) is 0 Å². The number of nitrogens with zero attached hydrogens (tertiary/aromatic N) is 1. The number of aliphatic hydroxyl groups excluding tert-OH is 1. The van der Waals surface area contributed by atoms with E-state index in [9.17, 15) is 26.4 Å². The summed E-state index contributed by atoms with van der Waals surface area (Å²) in [7, 11) is -3.31. The third-order valence-electron chi connectivity index (χ3n) is 3.84. The summed E-state index contributed by atoms with van der Waals surface area (Å²) >= 11 is 1.87. The number of carbonyl (C=O) groups excluding carboxylic acids is 1. The number of aliphatic hydroxyl groups is 1. The lowest BCUT2D eigenvalue weighted by Gasteiger charge is -2.15. The normalized spacial score (nSPS) is 11.6. The number of hydroxylamine groups is 1. The highest BCUT2D eigenvalue weighted by molar-refractivity contribution is 14.1. The van der Waals surface area contributed by atoms with Gasteiger partial charge in [0.1, 0.15) is 12.4 Å². The Morgan fingerprint density at radius 1 is 1.21 bits per heavy atom. The first-order chi connectivity index (χ1) is 15.5. The second kappa shape index (κ2) is 12.2. The molecule has 1 amide bonds. The number of oxime groups is 1. The molecule has 14 heteroatoms. The SMILES string of the molecule is CS(=O)(=O)CCO/N=C\c1cc(C(=O)NOCCO)c(Nc2ccc(I)cc2F)c(F)c1F. The highest BCUT2D eigenvalue weighted by Crippen LogP contribution is 2.30. The van der Waals surface area contributed by atoms with Gasteiger partial charge in [-0.3, -0.25) is 9.63 Å². The molecule has 0 aromatic heterocycles. The van der Waals surface area contributed by atoms with Gasteiger partial charge in [0, 0.05) is 15.4 Å². The highest BCUT2D eigenvalue weighted by Gasteiger charge is 2.23. The van der Waals surface area contributed by atoms with E-state index >= 15 is 0 Å². The Kier molecular flexibility index (Phi) is 9.87. The molecule has 2 aromatic carbocycles. The quantitative estimate of drug-likeness (QED) is 0.157. The Labute approximate surface area is 201 Å². The van der Waals surface area contributed by atoms with Crippen LogP contribution in [0.1, 0.15) is 15.9 Å². The minimum atomic E-state index is -3.31. The van der Waals surface area contributed by atoms with E-state index in [1.807, 2.05) is 28.1 Å². The Morgan fingerprint density at radius 2 is 1.94 bits per heavy atom. The van der Waals surface area contributed by atoms with Gasteiger partial charge >= 0.3 is 0 Å². The fraction of sp³-hybridized carbons (Fsp3) is 0.263. The van der Waals surface area contributed by atoms with Gasteiger partial charge in [0.25, 0.3) is 5.91 Å². The summed E-state index contributed by atoms with van der Waals surface area (Å²) in [4.78, 5) is 21.9. The lowest BCUT2D eigenvalue weighted by Crippen LogP contribution is -2.26. The third-order valence-corrected chi connectivity index (χ3v) is 5.42. The van der Waals surface area contributed by atoms with Crippen LogP contribution in [0.4, 0.5) is 24.5 Å². The molecule has 0 bridgehead atoms.